The summed E-state index contributed by atoms with van der Waals surface area (Å²) in [6.45, 7) is 3.41. The van der Waals surface area contributed by atoms with Crippen LogP contribution < -0.4 is 0 Å². The highest BCUT2D eigenvalue weighted by Crippen LogP contribution is 2.28. The van der Waals surface area contributed by atoms with E-state index in [9.17, 15) is 14.9 Å². The van der Waals surface area contributed by atoms with Crippen molar-refractivity contribution in [2.24, 2.45) is 0 Å². The van der Waals surface area contributed by atoms with Crippen LogP contribution >= 0.6 is 0 Å². The monoisotopic (exact) mass is 277 g/mol. The molecule has 0 N–H and O–H groups in total. The lowest BCUT2D eigenvalue weighted by molar-refractivity contribution is -0.385. The van der Waals surface area contributed by atoms with Gasteiger partial charge in [-0.3, -0.25) is 10.1 Å². The number of rotatable bonds is 4. The Bertz CT molecular complexity index is 665. The van der Waals surface area contributed by atoms with E-state index < -0.39 is 10.9 Å². The summed E-state index contributed by atoms with van der Waals surface area (Å²) >= 11 is 0. The number of nitro benzene ring substituents is 1. The molecule has 20 heavy (non-hydrogen) atoms. The molecular weight excluding hydrogens is 266 g/mol. The average molecular weight is 277 g/mol. The lowest BCUT2D eigenvalue weighted by atomic mass is 10.1. The van der Waals surface area contributed by atoms with Crippen molar-refractivity contribution in [3.63, 3.8) is 0 Å². The average Bonchev–Trinajstić information content (AvgIpc) is 2.88. The Hall–Kier alpha value is -2.77. The van der Waals surface area contributed by atoms with Gasteiger partial charge in [-0.05, 0) is 19.9 Å². The van der Waals surface area contributed by atoms with Crippen molar-refractivity contribution in [2.75, 3.05) is 6.61 Å². The fraction of sp³-hybridized carbons (Fsp3) is 0.250. The van der Waals surface area contributed by atoms with Crippen LogP contribution in [0.2, 0.25) is 0 Å². The first kappa shape index (κ1) is 13.7. The number of carbonyl (C=O) groups is 1. The number of nitro groups is 1. The Balaban J connectivity index is 2.40. The Kier molecular flexibility index (Phi) is 3.74. The second-order valence-corrected chi connectivity index (χ2v) is 3.84. The molecule has 1 aromatic heterocycles. The molecule has 0 aliphatic heterocycles. The number of carbonyl (C=O) groups excluding carboxylic acids is 1. The van der Waals surface area contributed by atoms with Crippen LogP contribution in [0.4, 0.5) is 5.69 Å². The molecule has 2 rings (SSSR count). The molecule has 1 heterocycles. The van der Waals surface area contributed by atoms with Crippen molar-refractivity contribution in [1.29, 1.82) is 0 Å². The molecule has 0 saturated heterocycles. The Morgan fingerprint density at radius 3 is 2.85 bits per heavy atom. The van der Waals surface area contributed by atoms with Crippen molar-refractivity contribution in [3.8, 4) is 11.5 Å². The first-order valence-corrected chi connectivity index (χ1v) is 5.79. The van der Waals surface area contributed by atoms with Crippen LogP contribution in [0.15, 0.2) is 22.6 Å². The molecule has 0 atom stereocenters. The first-order valence-electron chi connectivity index (χ1n) is 5.79. The van der Waals surface area contributed by atoms with Crippen LogP contribution in [0.25, 0.3) is 11.5 Å². The third-order valence-electron chi connectivity index (χ3n) is 2.61. The Morgan fingerprint density at radius 2 is 2.20 bits per heavy atom. The maximum atomic E-state index is 11.4. The summed E-state index contributed by atoms with van der Waals surface area (Å²) in [6, 6.07) is 4.49. The zero-order valence-electron chi connectivity index (χ0n) is 10.8. The lowest BCUT2D eigenvalue weighted by Gasteiger charge is -2.01. The Morgan fingerprint density at radius 1 is 1.45 bits per heavy atom. The predicted molar refractivity (Wildman–Crippen MR) is 67.1 cm³/mol. The van der Waals surface area contributed by atoms with E-state index in [1.807, 2.05) is 0 Å². The summed E-state index contributed by atoms with van der Waals surface area (Å²) in [4.78, 5) is 21.8. The maximum absolute atomic E-state index is 11.4. The van der Waals surface area contributed by atoms with Crippen LogP contribution in [0.3, 0.4) is 0 Å². The van der Waals surface area contributed by atoms with Crippen molar-refractivity contribution < 1.29 is 18.9 Å². The van der Waals surface area contributed by atoms with E-state index in [0.717, 1.165) is 0 Å². The van der Waals surface area contributed by atoms with Gasteiger partial charge in [0.2, 0.25) is 5.89 Å². The number of hydrogen-bond donors (Lipinski definition) is 0. The molecule has 0 saturated carbocycles. The van der Waals surface area contributed by atoms with Gasteiger partial charge in [-0.25, -0.2) is 4.79 Å². The van der Waals surface area contributed by atoms with Gasteiger partial charge in [0.1, 0.15) is 0 Å². The molecule has 0 unspecified atom stereocenters. The molecule has 0 bridgehead atoms. The van der Waals surface area contributed by atoms with E-state index in [1.165, 1.54) is 12.1 Å². The second kappa shape index (κ2) is 5.47. The minimum atomic E-state index is -0.727. The molecule has 0 fully saturated rings. The number of esters is 1. The van der Waals surface area contributed by atoms with Gasteiger partial charge in [0.05, 0.1) is 11.5 Å². The molecule has 0 aliphatic rings. The minimum absolute atomic E-state index is 0.0363. The van der Waals surface area contributed by atoms with Gasteiger partial charge in [0, 0.05) is 17.2 Å². The molecule has 0 aliphatic carbocycles. The number of benzene rings is 1. The molecule has 104 valence electrons. The van der Waals surface area contributed by atoms with E-state index in [4.69, 9.17) is 9.15 Å². The third kappa shape index (κ3) is 2.48. The topological polar surface area (TPSA) is 108 Å². The quantitative estimate of drug-likeness (QED) is 0.478. The van der Waals surface area contributed by atoms with E-state index in [1.54, 1.807) is 19.9 Å². The highest BCUT2D eigenvalue weighted by atomic mass is 16.6. The van der Waals surface area contributed by atoms with Crippen LogP contribution in [-0.4, -0.2) is 27.7 Å². The van der Waals surface area contributed by atoms with Gasteiger partial charge in [-0.1, -0.05) is 6.07 Å². The SMILES string of the molecule is CCOC(=O)c1nnc(-c2cccc([N+](=O)[O-])c2C)o1. The van der Waals surface area contributed by atoms with Crippen molar-refractivity contribution in [1.82, 2.24) is 10.2 Å². The number of hydrogen-bond acceptors (Lipinski definition) is 7. The summed E-state index contributed by atoms with van der Waals surface area (Å²) in [5.74, 6) is -0.976. The van der Waals surface area contributed by atoms with Gasteiger partial charge in [-0.2, -0.15) is 0 Å². The molecule has 8 heteroatoms. The van der Waals surface area contributed by atoms with Crippen LogP contribution in [-0.2, 0) is 4.74 Å². The number of aromatic nitrogens is 2. The number of ether oxygens (including phenoxy) is 1. The van der Waals surface area contributed by atoms with E-state index in [2.05, 4.69) is 10.2 Å². The van der Waals surface area contributed by atoms with Crippen LogP contribution in [0.1, 0.15) is 23.2 Å². The standard InChI is InChI=1S/C12H11N3O5/c1-3-19-12(16)11-14-13-10(20-11)8-5-4-6-9(7(8)2)15(17)18/h4-6H,3H2,1-2H3. The molecule has 2 aromatic rings. The summed E-state index contributed by atoms with van der Waals surface area (Å²) in [6.07, 6.45) is 0. The maximum Gasteiger partial charge on any atom is 0.396 e. The van der Waals surface area contributed by atoms with Gasteiger partial charge in [0.15, 0.2) is 0 Å². The lowest BCUT2D eigenvalue weighted by Crippen LogP contribution is -2.04. The zero-order chi connectivity index (χ0) is 14.7. The van der Waals surface area contributed by atoms with Crippen molar-refractivity contribution >= 4 is 11.7 Å². The summed E-state index contributed by atoms with van der Waals surface area (Å²) < 4.78 is 9.91. The third-order valence-corrected chi connectivity index (χ3v) is 2.61. The molecule has 8 nitrogen and oxygen atoms in total. The Labute approximate surface area is 113 Å². The smallest absolute Gasteiger partial charge is 0.396 e. The first-order chi connectivity index (χ1) is 9.54. The predicted octanol–water partition coefficient (Wildman–Crippen LogP) is 2.13. The highest BCUT2D eigenvalue weighted by molar-refractivity contribution is 5.84. The molecule has 0 amide bonds. The highest BCUT2D eigenvalue weighted by Gasteiger charge is 2.21. The fourth-order valence-corrected chi connectivity index (χ4v) is 1.66. The largest absolute Gasteiger partial charge is 0.459 e. The number of nitrogens with zero attached hydrogens (tertiary/aromatic N) is 3. The van der Waals surface area contributed by atoms with E-state index in [0.29, 0.717) is 11.1 Å². The van der Waals surface area contributed by atoms with Crippen LogP contribution in [0, 0.1) is 17.0 Å². The zero-order valence-corrected chi connectivity index (χ0v) is 10.8. The summed E-state index contributed by atoms with van der Waals surface area (Å²) in [5, 5.41) is 18.1. The van der Waals surface area contributed by atoms with Gasteiger partial charge < -0.3 is 9.15 Å². The van der Waals surface area contributed by atoms with Crippen molar-refractivity contribution in [2.45, 2.75) is 13.8 Å². The molecule has 0 radical (unpaired) electrons. The summed E-state index contributed by atoms with van der Waals surface area (Å²) in [5.41, 5.74) is 0.734. The van der Waals surface area contributed by atoms with Gasteiger partial charge in [0.25, 0.3) is 5.69 Å². The summed E-state index contributed by atoms with van der Waals surface area (Å²) in [7, 11) is 0. The fourth-order valence-electron chi connectivity index (χ4n) is 1.66. The van der Waals surface area contributed by atoms with Crippen molar-refractivity contribution in [3.05, 3.63) is 39.8 Å². The van der Waals surface area contributed by atoms with Crippen LogP contribution in [0.5, 0.6) is 0 Å². The second-order valence-electron chi connectivity index (χ2n) is 3.84. The molecule has 0 spiro atoms. The van der Waals surface area contributed by atoms with Gasteiger partial charge in [-0.15, -0.1) is 10.2 Å². The minimum Gasteiger partial charge on any atom is -0.459 e. The van der Waals surface area contributed by atoms with E-state index in [-0.39, 0.29) is 24.1 Å². The molecular formula is C12H11N3O5. The van der Waals surface area contributed by atoms with E-state index >= 15 is 0 Å². The van der Waals surface area contributed by atoms with Gasteiger partial charge >= 0.3 is 11.9 Å². The molecule has 1 aromatic carbocycles. The normalized spacial score (nSPS) is 10.3.